The van der Waals surface area contributed by atoms with Crippen LogP contribution in [0.2, 0.25) is 0 Å². The monoisotopic (exact) mass is 254 g/mol. The summed E-state index contributed by atoms with van der Waals surface area (Å²) in [5, 5.41) is 8.99. The maximum absolute atomic E-state index is 11.0. The van der Waals surface area contributed by atoms with Gasteiger partial charge in [-0.15, -0.1) is 0 Å². The third kappa shape index (κ3) is 5.80. The molecule has 0 unspecified atom stereocenters. The first-order valence-corrected chi connectivity index (χ1v) is 6.57. The van der Waals surface area contributed by atoms with Gasteiger partial charge in [0.2, 0.25) is 0 Å². The molecular formula is C17H18O2. The summed E-state index contributed by atoms with van der Waals surface area (Å²) in [4.78, 5) is 11.0. The summed E-state index contributed by atoms with van der Waals surface area (Å²) < 4.78 is 0. The second-order valence-corrected chi connectivity index (χ2v) is 4.21. The number of aromatic carboxylic acids is 1. The lowest BCUT2D eigenvalue weighted by atomic mass is 10.1. The van der Waals surface area contributed by atoms with Crippen molar-refractivity contribution in [3.8, 4) is 23.7 Å². The lowest BCUT2D eigenvalue weighted by Crippen LogP contribution is -1.98. The van der Waals surface area contributed by atoms with Crippen molar-refractivity contribution in [3.05, 3.63) is 35.4 Å². The summed E-state index contributed by atoms with van der Waals surface area (Å²) in [5.74, 6) is 10.3. The molecule has 98 valence electrons. The molecule has 0 bridgehead atoms. The van der Waals surface area contributed by atoms with Crippen LogP contribution in [0.4, 0.5) is 0 Å². The first kappa shape index (κ1) is 14.9. The SMILES string of the molecule is CCCCCCC#CC#Cc1ccccc1C(=O)O. The second-order valence-electron chi connectivity index (χ2n) is 4.21. The van der Waals surface area contributed by atoms with Gasteiger partial charge < -0.3 is 5.11 Å². The van der Waals surface area contributed by atoms with Crippen LogP contribution in [0.5, 0.6) is 0 Å². The van der Waals surface area contributed by atoms with Crippen LogP contribution in [0.3, 0.4) is 0 Å². The minimum atomic E-state index is -0.961. The molecule has 1 N–H and O–H groups in total. The van der Waals surface area contributed by atoms with Gasteiger partial charge in [0.1, 0.15) is 0 Å². The highest BCUT2D eigenvalue weighted by Gasteiger charge is 2.05. The van der Waals surface area contributed by atoms with Gasteiger partial charge in [-0.2, -0.15) is 0 Å². The Kier molecular flexibility index (Phi) is 6.92. The van der Waals surface area contributed by atoms with Crippen LogP contribution < -0.4 is 0 Å². The average Bonchev–Trinajstić information content (AvgIpc) is 2.42. The van der Waals surface area contributed by atoms with Crippen molar-refractivity contribution < 1.29 is 9.90 Å². The predicted molar refractivity (Wildman–Crippen MR) is 76.8 cm³/mol. The molecule has 0 aliphatic carbocycles. The van der Waals surface area contributed by atoms with E-state index in [1.807, 2.05) is 0 Å². The van der Waals surface area contributed by atoms with E-state index < -0.39 is 5.97 Å². The van der Waals surface area contributed by atoms with Crippen molar-refractivity contribution in [2.45, 2.75) is 39.0 Å². The summed E-state index contributed by atoms with van der Waals surface area (Å²) >= 11 is 0. The number of carboxylic acid groups (broad SMARTS) is 1. The summed E-state index contributed by atoms with van der Waals surface area (Å²) in [6.07, 6.45) is 5.64. The zero-order valence-electron chi connectivity index (χ0n) is 11.2. The third-order valence-corrected chi connectivity index (χ3v) is 2.66. The largest absolute Gasteiger partial charge is 0.478 e. The molecule has 0 aromatic heterocycles. The van der Waals surface area contributed by atoms with E-state index in [9.17, 15) is 4.79 Å². The van der Waals surface area contributed by atoms with Gasteiger partial charge in [0.25, 0.3) is 0 Å². The Labute approximate surface area is 114 Å². The van der Waals surface area contributed by atoms with Crippen molar-refractivity contribution in [1.29, 1.82) is 0 Å². The molecule has 2 heteroatoms. The highest BCUT2D eigenvalue weighted by Crippen LogP contribution is 2.06. The lowest BCUT2D eigenvalue weighted by molar-refractivity contribution is 0.0696. The number of benzene rings is 1. The second kappa shape index (κ2) is 8.84. The van der Waals surface area contributed by atoms with Crippen LogP contribution >= 0.6 is 0 Å². The van der Waals surface area contributed by atoms with Crippen LogP contribution in [0, 0.1) is 23.7 Å². The van der Waals surface area contributed by atoms with Gasteiger partial charge in [-0.05, 0) is 30.4 Å². The van der Waals surface area contributed by atoms with Gasteiger partial charge in [-0.1, -0.05) is 50.2 Å². The highest BCUT2D eigenvalue weighted by atomic mass is 16.4. The van der Waals surface area contributed by atoms with Gasteiger partial charge >= 0.3 is 5.97 Å². The van der Waals surface area contributed by atoms with Crippen molar-refractivity contribution in [1.82, 2.24) is 0 Å². The Morgan fingerprint density at radius 1 is 1.16 bits per heavy atom. The molecule has 0 radical (unpaired) electrons. The predicted octanol–water partition coefficient (Wildman–Crippen LogP) is 3.71. The fourth-order valence-electron chi connectivity index (χ4n) is 1.62. The van der Waals surface area contributed by atoms with Crippen molar-refractivity contribution >= 4 is 5.97 Å². The smallest absolute Gasteiger partial charge is 0.336 e. The maximum atomic E-state index is 11.0. The average molecular weight is 254 g/mol. The minimum Gasteiger partial charge on any atom is -0.478 e. The molecule has 1 aromatic rings. The van der Waals surface area contributed by atoms with E-state index in [1.165, 1.54) is 19.3 Å². The Balaban J connectivity index is 2.55. The summed E-state index contributed by atoms with van der Waals surface area (Å²) in [7, 11) is 0. The van der Waals surface area contributed by atoms with Crippen LogP contribution in [0.1, 0.15) is 54.9 Å². The number of carbonyl (C=O) groups is 1. The van der Waals surface area contributed by atoms with Crippen molar-refractivity contribution in [2.24, 2.45) is 0 Å². The van der Waals surface area contributed by atoms with Crippen molar-refractivity contribution in [2.75, 3.05) is 0 Å². The fraction of sp³-hybridized carbons (Fsp3) is 0.353. The number of carboxylic acids is 1. The van der Waals surface area contributed by atoms with Gasteiger partial charge in [-0.3, -0.25) is 0 Å². The van der Waals surface area contributed by atoms with E-state index in [-0.39, 0.29) is 5.56 Å². The Morgan fingerprint density at radius 3 is 2.68 bits per heavy atom. The van der Waals surface area contributed by atoms with E-state index >= 15 is 0 Å². The summed E-state index contributed by atoms with van der Waals surface area (Å²) in [6, 6.07) is 6.70. The van der Waals surface area contributed by atoms with Crippen molar-refractivity contribution in [3.63, 3.8) is 0 Å². The molecule has 0 aliphatic rings. The fourth-order valence-corrected chi connectivity index (χ4v) is 1.62. The van der Waals surface area contributed by atoms with Crippen LogP contribution in [0.25, 0.3) is 0 Å². The Morgan fingerprint density at radius 2 is 1.95 bits per heavy atom. The highest BCUT2D eigenvalue weighted by molar-refractivity contribution is 5.90. The summed E-state index contributed by atoms with van der Waals surface area (Å²) in [5.41, 5.74) is 0.732. The third-order valence-electron chi connectivity index (χ3n) is 2.66. The molecule has 0 amide bonds. The molecule has 0 aliphatic heterocycles. The first-order valence-electron chi connectivity index (χ1n) is 6.57. The molecule has 0 atom stereocenters. The standard InChI is InChI=1S/C17H18O2/c1-2-3-4-5-6-7-8-9-12-15-13-10-11-14-16(15)17(18)19/h10-11,13-14H,2-6H2,1H3,(H,18,19). The number of hydrogen-bond donors (Lipinski definition) is 1. The van der Waals surface area contributed by atoms with Crippen LogP contribution in [-0.2, 0) is 0 Å². The summed E-state index contributed by atoms with van der Waals surface area (Å²) in [6.45, 7) is 2.18. The molecule has 2 nitrogen and oxygen atoms in total. The van der Waals surface area contributed by atoms with Crippen LogP contribution in [0.15, 0.2) is 24.3 Å². The Bertz CT molecular complexity index is 536. The zero-order valence-corrected chi connectivity index (χ0v) is 11.2. The molecule has 0 spiro atoms. The molecule has 1 rings (SSSR count). The quantitative estimate of drug-likeness (QED) is 0.642. The molecule has 0 fully saturated rings. The van der Waals surface area contributed by atoms with Gasteiger partial charge in [0, 0.05) is 12.0 Å². The molecule has 0 saturated carbocycles. The topological polar surface area (TPSA) is 37.3 Å². The minimum absolute atomic E-state index is 0.222. The number of hydrogen-bond acceptors (Lipinski definition) is 1. The Hall–Kier alpha value is -2.19. The van der Waals surface area contributed by atoms with Crippen LogP contribution in [-0.4, -0.2) is 11.1 Å². The number of unbranched alkanes of at least 4 members (excludes halogenated alkanes) is 4. The maximum Gasteiger partial charge on any atom is 0.336 e. The van der Waals surface area contributed by atoms with E-state index in [2.05, 4.69) is 30.6 Å². The van der Waals surface area contributed by atoms with E-state index in [4.69, 9.17) is 5.11 Å². The molecule has 0 saturated heterocycles. The number of rotatable bonds is 5. The van der Waals surface area contributed by atoms with E-state index in [0.29, 0.717) is 5.56 Å². The molecular weight excluding hydrogens is 236 g/mol. The normalized spacial score (nSPS) is 8.89. The van der Waals surface area contributed by atoms with E-state index in [0.717, 1.165) is 12.8 Å². The lowest BCUT2D eigenvalue weighted by Gasteiger charge is -1.96. The van der Waals surface area contributed by atoms with Gasteiger partial charge in [0.15, 0.2) is 0 Å². The van der Waals surface area contributed by atoms with Gasteiger partial charge in [-0.25, -0.2) is 4.79 Å². The molecule has 0 heterocycles. The zero-order chi connectivity index (χ0) is 13.9. The molecule has 19 heavy (non-hydrogen) atoms. The van der Waals surface area contributed by atoms with Gasteiger partial charge in [0.05, 0.1) is 5.56 Å². The van der Waals surface area contributed by atoms with E-state index in [1.54, 1.807) is 24.3 Å². The molecule has 1 aromatic carbocycles. The first-order chi connectivity index (χ1) is 9.25.